The molecule has 1 N–H and O–H groups in total. The molecule has 0 saturated heterocycles. The molecule has 0 aromatic rings. The molecule has 0 fully saturated rings. The summed E-state index contributed by atoms with van der Waals surface area (Å²) in [6.07, 6.45) is 16.4. The molecule has 0 aromatic heterocycles. The third-order valence-corrected chi connectivity index (χ3v) is 3.60. The largest absolute Gasteiger partial charge is 0.309 e. The van der Waals surface area contributed by atoms with E-state index in [0.29, 0.717) is 6.54 Å². The topological polar surface area (TPSA) is 29.1 Å². The highest BCUT2D eigenvalue weighted by Gasteiger charge is 1.95. The van der Waals surface area contributed by atoms with Crippen LogP contribution in [0.2, 0.25) is 0 Å². The van der Waals surface area contributed by atoms with Crippen LogP contribution in [0.25, 0.3) is 0 Å². The van der Waals surface area contributed by atoms with E-state index in [4.69, 9.17) is 11.6 Å². The van der Waals surface area contributed by atoms with Crippen LogP contribution in [0, 0.1) is 0 Å². The number of halogens is 1. The summed E-state index contributed by atoms with van der Waals surface area (Å²) in [5.41, 5.74) is 0. The molecule has 2 nitrogen and oxygen atoms in total. The van der Waals surface area contributed by atoms with Gasteiger partial charge in [0.05, 0.1) is 6.54 Å². The van der Waals surface area contributed by atoms with E-state index in [2.05, 4.69) is 12.2 Å². The molecule has 3 heteroatoms. The number of carbonyl (C=O) groups is 1. The highest BCUT2D eigenvalue weighted by Crippen LogP contribution is 2.11. The van der Waals surface area contributed by atoms with Gasteiger partial charge < -0.3 is 5.32 Å². The maximum Gasteiger partial charge on any atom is 0.235 e. The van der Waals surface area contributed by atoms with Gasteiger partial charge in [0.1, 0.15) is 0 Å². The fraction of sp³-hybridized carbons (Fsp3) is 0.938. The average Bonchev–Trinajstić information content (AvgIpc) is 2.39. The normalized spacial score (nSPS) is 10.8. The van der Waals surface area contributed by atoms with Gasteiger partial charge in [-0.2, -0.15) is 0 Å². The molecule has 0 unspecified atom stereocenters. The van der Waals surface area contributed by atoms with Gasteiger partial charge in [0.2, 0.25) is 5.24 Å². The summed E-state index contributed by atoms with van der Waals surface area (Å²) in [6.45, 7) is 3.48. The van der Waals surface area contributed by atoms with E-state index in [1.54, 1.807) is 0 Å². The number of hydrogen-bond acceptors (Lipinski definition) is 2. The van der Waals surface area contributed by atoms with Crippen LogP contribution in [-0.2, 0) is 4.79 Å². The summed E-state index contributed by atoms with van der Waals surface area (Å²) < 4.78 is 0. The lowest BCUT2D eigenvalue weighted by atomic mass is 10.1. The van der Waals surface area contributed by atoms with Crippen molar-refractivity contribution in [1.29, 1.82) is 0 Å². The zero-order chi connectivity index (χ0) is 14.2. The van der Waals surface area contributed by atoms with Gasteiger partial charge in [0.15, 0.2) is 0 Å². The third kappa shape index (κ3) is 17.9. The van der Waals surface area contributed by atoms with E-state index in [-0.39, 0.29) is 5.24 Å². The highest BCUT2D eigenvalue weighted by molar-refractivity contribution is 6.64. The predicted octanol–water partition coefficient (Wildman–Crippen LogP) is 5.04. The van der Waals surface area contributed by atoms with Crippen LogP contribution >= 0.6 is 11.6 Å². The van der Waals surface area contributed by atoms with Crippen molar-refractivity contribution in [1.82, 2.24) is 5.32 Å². The second-order valence-corrected chi connectivity index (χ2v) is 5.84. The fourth-order valence-corrected chi connectivity index (χ4v) is 2.37. The van der Waals surface area contributed by atoms with E-state index in [1.807, 2.05) is 0 Å². The van der Waals surface area contributed by atoms with Crippen LogP contribution in [0.4, 0.5) is 0 Å². The van der Waals surface area contributed by atoms with Crippen molar-refractivity contribution in [2.45, 2.75) is 84.0 Å². The molecule has 0 aliphatic rings. The second-order valence-electron chi connectivity index (χ2n) is 5.42. The molecule has 0 aliphatic carbocycles. The molecule has 114 valence electrons. The Morgan fingerprint density at radius 1 is 0.789 bits per heavy atom. The molecule has 0 atom stereocenters. The molecule has 0 radical (unpaired) electrons. The molecule has 0 aromatic carbocycles. The van der Waals surface area contributed by atoms with Crippen LogP contribution in [0.5, 0.6) is 0 Å². The summed E-state index contributed by atoms with van der Waals surface area (Å²) >= 11 is 5.23. The monoisotopic (exact) mass is 289 g/mol. The highest BCUT2D eigenvalue weighted by atomic mass is 35.5. The molecule has 0 heterocycles. The zero-order valence-electron chi connectivity index (χ0n) is 12.7. The van der Waals surface area contributed by atoms with E-state index in [1.165, 1.54) is 70.6 Å². The summed E-state index contributed by atoms with van der Waals surface area (Å²) in [4.78, 5) is 10.5. The smallest absolute Gasteiger partial charge is 0.235 e. The van der Waals surface area contributed by atoms with Gasteiger partial charge in [0, 0.05) is 0 Å². The maximum absolute atomic E-state index is 10.5. The third-order valence-electron chi connectivity index (χ3n) is 3.47. The van der Waals surface area contributed by atoms with Crippen molar-refractivity contribution in [3.8, 4) is 0 Å². The van der Waals surface area contributed by atoms with E-state index >= 15 is 0 Å². The minimum absolute atomic E-state index is 0.293. The average molecular weight is 290 g/mol. The lowest BCUT2D eigenvalue weighted by Crippen LogP contribution is -2.20. The molecule has 19 heavy (non-hydrogen) atoms. The molecule has 0 spiro atoms. The van der Waals surface area contributed by atoms with Crippen molar-refractivity contribution in [2.24, 2.45) is 0 Å². The molecular weight excluding hydrogens is 258 g/mol. The summed E-state index contributed by atoms with van der Waals surface area (Å²) in [5.74, 6) is 0. The van der Waals surface area contributed by atoms with Gasteiger partial charge in [-0.25, -0.2) is 0 Å². The Bertz CT molecular complexity index is 197. The van der Waals surface area contributed by atoms with Gasteiger partial charge in [-0.3, -0.25) is 4.79 Å². The van der Waals surface area contributed by atoms with Crippen LogP contribution in [0.15, 0.2) is 0 Å². The molecule has 0 rings (SSSR count). The van der Waals surface area contributed by atoms with Gasteiger partial charge in [-0.1, -0.05) is 77.6 Å². The standard InChI is InChI=1S/C16H32ClNO/c1-2-3-4-5-6-7-8-9-10-11-12-13-14-18-15-16(17)19/h18H,2-15H2,1H3. The minimum atomic E-state index is -0.293. The minimum Gasteiger partial charge on any atom is -0.309 e. The molecule has 0 bridgehead atoms. The molecular formula is C16H32ClNO. The Balaban J connectivity index is 2.93. The Hall–Kier alpha value is -0.0800. The zero-order valence-corrected chi connectivity index (χ0v) is 13.4. The SMILES string of the molecule is CCCCCCCCCCCCCCNCC(=O)Cl. The summed E-state index contributed by atoms with van der Waals surface area (Å²) in [5, 5.41) is 2.75. The van der Waals surface area contributed by atoms with Crippen molar-refractivity contribution in [3.05, 3.63) is 0 Å². The number of nitrogens with one attached hydrogen (secondary N) is 1. The fourth-order valence-electron chi connectivity index (χ4n) is 2.28. The molecule has 0 saturated carbocycles. The quantitative estimate of drug-likeness (QED) is 0.338. The van der Waals surface area contributed by atoms with Gasteiger partial charge in [-0.05, 0) is 24.6 Å². The first kappa shape index (κ1) is 18.9. The lowest BCUT2D eigenvalue weighted by molar-refractivity contribution is -0.110. The van der Waals surface area contributed by atoms with E-state index in [0.717, 1.165) is 13.0 Å². The Labute approximate surface area is 124 Å². The number of hydrogen-bond donors (Lipinski definition) is 1. The Morgan fingerprint density at radius 2 is 1.21 bits per heavy atom. The molecule has 0 amide bonds. The number of unbranched alkanes of at least 4 members (excludes halogenated alkanes) is 11. The Morgan fingerprint density at radius 3 is 1.63 bits per heavy atom. The first-order chi connectivity index (χ1) is 9.27. The van der Waals surface area contributed by atoms with Gasteiger partial charge in [-0.15, -0.1) is 0 Å². The summed E-state index contributed by atoms with van der Waals surface area (Å²) in [6, 6.07) is 0. The number of rotatable bonds is 15. The van der Waals surface area contributed by atoms with Crippen LogP contribution in [0.1, 0.15) is 84.0 Å². The summed E-state index contributed by atoms with van der Waals surface area (Å²) in [7, 11) is 0. The van der Waals surface area contributed by atoms with Crippen LogP contribution in [0.3, 0.4) is 0 Å². The first-order valence-electron chi connectivity index (χ1n) is 8.16. The Kier molecular flexibility index (Phi) is 15.9. The van der Waals surface area contributed by atoms with Crippen molar-refractivity contribution < 1.29 is 4.79 Å². The van der Waals surface area contributed by atoms with Crippen LogP contribution in [-0.4, -0.2) is 18.3 Å². The van der Waals surface area contributed by atoms with Crippen molar-refractivity contribution >= 4 is 16.8 Å². The van der Waals surface area contributed by atoms with Crippen LogP contribution < -0.4 is 5.32 Å². The lowest BCUT2D eigenvalue weighted by Gasteiger charge is -2.03. The van der Waals surface area contributed by atoms with E-state index < -0.39 is 0 Å². The molecule has 0 aliphatic heterocycles. The second kappa shape index (κ2) is 16.0. The first-order valence-corrected chi connectivity index (χ1v) is 8.54. The predicted molar refractivity (Wildman–Crippen MR) is 84.8 cm³/mol. The van der Waals surface area contributed by atoms with Crippen molar-refractivity contribution in [2.75, 3.05) is 13.1 Å². The number of carbonyl (C=O) groups excluding carboxylic acids is 1. The van der Waals surface area contributed by atoms with Gasteiger partial charge >= 0.3 is 0 Å². The van der Waals surface area contributed by atoms with Gasteiger partial charge in [0.25, 0.3) is 0 Å². The van der Waals surface area contributed by atoms with Crippen molar-refractivity contribution in [3.63, 3.8) is 0 Å². The maximum atomic E-state index is 10.5. The van der Waals surface area contributed by atoms with E-state index in [9.17, 15) is 4.79 Å².